The molecule has 8 heteroatoms. The highest BCUT2D eigenvalue weighted by Crippen LogP contribution is 2.37. The van der Waals surface area contributed by atoms with Gasteiger partial charge >= 0.3 is 0 Å². The largest absolute Gasteiger partial charge is 0.494 e. The number of hydrogen-bond acceptors (Lipinski definition) is 6. The lowest BCUT2D eigenvalue weighted by molar-refractivity contribution is -0.116. The molecule has 2 atom stereocenters. The maximum atomic E-state index is 13.1. The highest BCUT2D eigenvalue weighted by Gasteiger charge is 2.37. The molecule has 0 saturated carbocycles. The molecule has 4 rings (SSSR count). The first kappa shape index (κ1) is 18.4. The Kier molecular flexibility index (Phi) is 5.21. The van der Waals surface area contributed by atoms with Gasteiger partial charge in [0.15, 0.2) is 0 Å². The first-order valence-electron chi connectivity index (χ1n) is 9.09. The van der Waals surface area contributed by atoms with E-state index in [0.717, 1.165) is 22.8 Å². The molecule has 0 unspecified atom stereocenters. The number of aromatic nitrogens is 3. The maximum Gasteiger partial charge on any atom is 0.240 e. The van der Waals surface area contributed by atoms with Gasteiger partial charge in [-0.25, -0.2) is 4.68 Å². The van der Waals surface area contributed by atoms with Gasteiger partial charge in [0.05, 0.1) is 12.6 Å². The summed E-state index contributed by atoms with van der Waals surface area (Å²) in [6.07, 6.45) is 0. The standard InChI is InChI=1S/C20H21N5O2S/c1-3-27-16-11-9-14(10-12-16)17-18(19(26)21-15-7-5-4-6-8-15)28-20-23-22-13(2)25(20)24-17/h4-12,17-18,24H,3H2,1-2H3,(H,21,26)/t17-,18-/m0/s1. The zero-order valence-electron chi connectivity index (χ0n) is 15.6. The maximum absolute atomic E-state index is 13.1. The van der Waals surface area contributed by atoms with Crippen molar-refractivity contribution in [3.8, 4) is 5.75 Å². The van der Waals surface area contributed by atoms with Crippen LogP contribution in [0.25, 0.3) is 0 Å². The molecule has 1 aliphatic rings. The SMILES string of the molecule is CCOc1ccc([C@@H]2Nn3c(C)nnc3S[C@@H]2C(=O)Nc2ccccc2)cc1. The van der Waals surface area contributed by atoms with E-state index in [1.54, 1.807) is 0 Å². The summed E-state index contributed by atoms with van der Waals surface area (Å²) < 4.78 is 7.37. The highest BCUT2D eigenvalue weighted by molar-refractivity contribution is 8.00. The number of benzene rings is 2. The molecule has 0 aliphatic carbocycles. The third-order valence-electron chi connectivity index (χ3n) is 4.45. The number of amides is 1. The molecule has 1 aromatic heterocycles. The van der Waals surface area contributed by atoms with Crippen LogP contribution in [0.15, 0.2) is 59.8 Å². The van der Waals surface area contributed by atoms with Crippen LogP contribution in [0.3, 0.4) is 0 Å². The van der Waals surface area contributed by atoms with Gasteiger partial charge in [-0.3, -0.25) is 4.79 Å². The Morgan fingerprint density at radius 1 is 1.18 bits per heavy atom. The second-order valence-electron chi connectivity index (χ2n) is 6.37. The van der Waals surface area contributed by atoms with Crippen molar-refractivity contribution in [3.05, 3.63) is 66.0 Å². The lowest BCUT2D eigenvalue weighted by Gasteiger charge is -2.32. The zero-order valence-corrected chi connectivity index (χ0v) is 16.4. The number of nitrogens with one attached hydrogen (secondary N) is 2. The van der Waals surface area contributed by atoms with Gasteiger partial charge < -0.3 is 15.5 Å². The van der Waals surface area contributed by atoms with E-state index in [4.69, 9.17) is 4.74 Å². The molecule has 0 fully saturated rings. The van der Waals surface area contributed by atoms with E-state index in [1.165, 1.54) is 11.8 Å². The monoisotopic (exact) mass is 395 g/mol. The van der Waals surface area contributed by atoms with Gasteiger partial charge in [-0.2, -0.15) is 0 Å². The van der Waals surface area contributed by atoms with Crippen molar-refractivity contribution in [2.75, 3.05) is 17.3 Å². The fourth-order valence-corrected chi connectivity index (χ4v) is 4.21. The second-order valence-corrected chi connectivity index (χ2v) is 7.48. The number of anilines is 1. The fourth-order valence-electron chi connectivity index (χ4n) is 3.08. The Hall–Kier alpha value is -3.00. The molecule has 2 aromatic carbocycles. The number of rotatable bonds is 5. The van der Waals surface area contributed by atoms with Gasteiger partial charge in [-0.15, -0.1) is 10.2 Å². The summed E-state index contributed by atoms with van der Waals surface area (Å²) >= 11 is 1.41. The molecule has 2 heterocycles. The van der Waals surface area contributed by atoms with Gasteiger partial charge in [0.1, 0.15) is 16.8 Å². The molecule has 0 bridgehead atoms. The fraction of sp³-hybridized carbons (Fsp3) is 0.250. The summed E-state index contributed by atoms with van der Waals surface area (Å²) in [7, 11) is 0. The number of carbonyl (C=O) groups excluding carboxylic acids is 1. The molecule has 1 aliphatic heterocycles. The van der Waals surface area contributed by atoms with Gasteiger partial charge in [-0.05, 0) is 43.7 Å². The Labute approximate surface area is 167 Å². The lowest BCUT2D eigenvalue weighted by Crippen LogP contribution is -2.41. The van der Waals surface area contributed by atoms with Gasteiger partial charge in [0, 0.05) is 5.69 Å². The zero-order chi connectivity index (χ0) is 19.5. The van der Waals surface area contributed by atoms with Crippen LogP contribution in [0, 0.1) is 6.92 Å². The summed E-state index contributed by atoms with van der Waals surface area (Å²) in [5, 5.41) is 11.6. The van der Waals surface area contributed by atoms with E-state index < -0.39 is 5.25 Å². The molecule has 0 radical (unpaired) electrons. The lowest BCUT2D eigenvalue weighted by atomic mass is 10.0. The average molecular weight is 395 g/mol. The van der Waals surface area contributed by atoms with Gasteiger partial charge in [-0.1, -0.05) is 42.1 Å². The van der Waals surface area contributed by atoms with Crippen LogP contribution in [-0.2, 0) is 4.79 Å². The predicted octanol–water partition coefficient (Wildman–Crippen LogP) is 3.38. The van der Waals surface area contributed by atoms with Crippen LogP contribution in [0.2, 0.25) is 0 Å². The van der Waals surface area contributed by atoms with Crippen molar-refractivity contribution in [2.45, 2.75) is 30.3 Å². The average Bonchev–Trinajstić information content (AvgIpc) is 3.09. The van der Waals surface area contributed by atoms with Crippen LogP contribution in [0.5, 0.6) is 5.75 Å². The number of fused-ring (bicyclic) bond motifs is 1. The van der Waals surface area contributed by atoms with Crippen LogP contribution in [0.4, 0.5) is 5.69 Å². The third kappa shape index (κ3) is 3.68. The summed E-state index contributed by atoms with van der Waals surface area (Å²) in [6.45, 7) is 4.44. The second kappa shape index (κ2) is 7.93. The van der Waals surface area contributed by atoms with E-state index in [9.17, 15) is 4.79 Å². The van der Waals surface area contributed by atoms with Crippen molar-refractivity contribution in [1.29, 1.82) is 0 Å². The number of hydrogen-bond donors (Lipinski definition) is 2. The predicted molar refractivity (Wildman–Crippen MR) is 109 cm³/mol. The molecule has 2 N–H and O–H groups in total. The molecule has 1 amide bonds. The molecular weight excluding hydrogens is 374 g/mol. The normalized spacial score (nSPS) is 18.1. The summed E-state index contributed by atoms with van der Waals surface area (Å²) in [5.41, 5.74) is 5.15. The van der Waals surface area contributed by atoms with Gasteiger partial charge in [0.2, 0.25) is 11.1 Å². The van der Waals surface area contributed by atoms with E-state index in [1.807, 2.05) is 73.1 Å². The number of carbonyl (C=O) groups is 1. The first-order valence-corrected chi connectivity index (χ1v) is 9.97. The number of ether oxygens (including phenoxy) is 1. The number of nitrogens with zero attached hydrogens (tertiary/aromatic N) is 3. The minimum Gasteiger partial charge on any atom is -0.494 e. The minimum atomic E-state index is -0.408. The van der Waals surface area contributed by atoms with Crippen molar-refractivity contribution >= 4 is 23.4 Å². The molecule has 0 saturated heterocycles. The number of thioether (sulfide) groups is 1. The molecule has 144 valence electrons. The molecule has 28 heavy (non-hydrogen) atoms. The van der Waals surface area contributed by atoms with Crippen molar-refractivity contribution in [2.24, 2.45) is 0 Å². The topological polar surface area (TPSA) is 81.1 Å². The van der Waals surface area contributed by atoms with Gasteiger partial charge in [0.25, 0.3) is 0 Å². The third-order valence-corrected chi connectivity index (χ3v) is 5.66. The number of para-hydroxylation sites is 1. The molecule has 3 aromatic rings. The molecule has 7 nitrogen and oxygen atoms in total. The quantitative estimate of drug-likeness (QED) is 0.689. The first-order chi connectivity index (χ1) is 13.7. The Bertz CT molecular complexity index is 958. The summed E-state index contributed by atoms with van der Waals surface area (Å²) in [4.78, 5) is 13.1. The summed E-state index contributed by atoms with van der Waals surface area (Å²) in [6, 6.07) is 17.0. The Morgan fingerprint density at radius 3 is 2.64 bits per heavy atom. The van der Waals surface area contributed by atoms with E-state index >= 15 is 0 Å². The Morgan fingerprint density at radius 2 is 1.93 bits per heavy atom. The van der Waals surface area contributed by atoms with Crippen molar-refractivity contribution in [3.63, 3.8) is 0 Å². The summed E-state index contributed by atoms with van der Waals surface area (Å²) in [5.74, 6) is 1.47. The minimum absolute atomic E-state index is 0.0884. The van der Waals surface area contributed by atoms with Crippen LogP contribution >= 0.6 is 11.8 Å². The van der Waals surface area contributed by atoms with E-state index in [2.05, 4.69) is 20.9 Å². The molecule has 0 spiro atoms. The van der Waals surface area contributed by atoms with Crippen LogP contribution in [-0.4, -0.2) is 32.6 Å². The van der Waals surface area contributed by atoms with E-state index in [0.29, 0.717) is 11.8 Å². The molecular formula is C20H21N5O2S. The Balaban J connectivity index is 1.64. The van der Waals surface area contributed by atoms with Crippen molar-refractivity contribution in [1.82, 2.24) is 14.9 Å². The smallest absolute Gasteiger partial charge is 0.240 e. The van der Waals surface area contributed by atoms with Crippen LogP contribution < -0.4 is 15.5 Å². The van der Waals surface area contributed by atoms with E-state index in [-0.39, 0.29) is 11.9 Å². The van der Waals surface area contributed by atoms with Crippen molar-refractivity contribution < 1.29 is 9.53 Å². The highest BCUT2D eigenvalue weighted by atomic mass is 32.2. The van der Waals surface area contributed by atoms with Crippen LogP contribution in [0.1, 0.15) is 24.4 Å². The number of aryl methyl sites for hydroxylation is 1.